The largest absolute Gasteiger partial charge is 0.465 e. The molecular weight excluding hydrogens is 367 g/mol. The van der Waals surface area contributed by atoms with Gasteiger partial charge in [-0.25, -0.2) is 9.18 Å². The van der Waals surface area contributed by atoms with E-state index < -0.39 is 17.7 Å². The highest BCUT2D eigenvalue weighted by molar-refractivity contribution is 7.12. The number of ether oxygens (including phenoxy) is 2. The van der Waals surface area contributed by atoms with Gasteiger partial charge in [-0.3, -0.25) is 0 Å². The highest BCUT2D eigenvalue weighted by Gasteiger charge is 2.39. The van der Waals surface area contributed by atoms with Crippen LogP contribution < -0.4 is 10.5 Å². The Balaban J connectivity index is 2.33. The topological polar surface area (TPSA) is 85.3 Å². The highest BCUT2D eigenvalue weighted by Crippen LogP contribution is 2.50. The first-order valence-corrected chi connectivity index (χ1v) is 8.33. The molecule has 1 aromatic carbocycles. The van der Waals surface area contributed by atoms with Gasteiger partial charge in [0.25, 0.3) is 0 Å². The Morgan fingerprint density at radius 3 is 2.84 bits per heavy atom. The van der Waals surface area contributed by atoms with E-state index in [2.05, 4.69) is 0 Å². The number of aryl methyl sites for hydroxylation is 1. The second kappa shape index (κ2) is 6.39. The first-order chi connectivity index (χ1) is 11.9. The first kappa shape index (κ1) is 17.3. The number of benzene rings is 1. The molecule has 1 aromatic heterocycles. The number of rotatable bonds is 2. The summed E-state index contributed by atoms with van der Waals surface area (Å²) in [6, 6.07) is 6.22. The lowest BCUT2D eigenvalue weighted by atomic mass is 9.87. The fraction of sp³-hybridized carbons (Fsp3) is 0.176. The second-order valence-electron chi connectivity index (χ2n) is 5.28. The van der Waals surface area contributed by atoms with Gasteiger partial charge in [-0.15, -0.1) is 11.3 Å². The van der Waals surface area contributed by atoms with Crippen molar-refractivity contribution in [2.45, 2.75) is 12.8 Å². The fourth-order valence-corrected chi connectivity index (χ4v) is 4.27. The van der Waals surface area contributed by atoms with Crippen molar-refractivity contribution < 1.29 is 18.7 Å². The molecule has 1 aliphatic heterocycles. The lowest BCUT2D eigenvalue weighted by molar-refractivity contribution is 0.0597. The summed E-state index contributed by atoms with van der Waals surface area (Å²) in [7, 11) is 1.25. The Kier molecular flexibility index (Phi) is 4.41. The van der Waals surface area contributed by atoms with Crippen LogP contribution in [0.15, 0.2) is 29.7 Å². The molecule has 0 amide bonds. The smallest absolute Gasteiger partial charge is 0.342 e. The zero-order valence-corrected chi connectivity index (χ0v) is 14.8. The van der Waals surface area contributed by atoms with Crippen molar-refractivity contribution in [3.8, 4) is 11.8 Å². The van der Waals surface area contributed by atoms with Gasteiger partial charge >= 0.3 is 5.97 Å². The number of hydrogen-bond acceptors (Lipinski definition) is 6. The lowest BCUT2D eigenvalue weighted by Crippen LogP contribution is -2.21. The third-order valence-electron chi connectivity index (χ3n) is 3.89. The summed E-state index contributed by atoms with van der Waals surface area (Å²) in [6.07, 6.45) is 0. The molecule has 0 saturated carbocycles. The number of nitriles is 1. The van der Waals surface area contributed by atoms with Gasteiger partial charge in [-0.2, -0.15) is 5.26 Å². The molecule has 1 atom stereocenters. The summed E-state index contributed by atoms with van der Waals surface area (Å²) < 4.78 is 24.8. The molecule has 2 heterocycles. The number of fused-ring (bicyclic) bond motifs is 1. The average Bonchev–Trinajstić information content (AvgIpc) is 2.89. The van der Waals surface area contributed by atoms with Gasteiger partial charge < -0.3 is 15.2 Å². The number of nitrogens with zero attached hydrogens (tertiary/aromatic N) is 1. The summed E-state index contributed by atoms with van der Waals surface area (Å²) in [5.41, 5.74) is 6.24. The minimum Gasteiger partial charge on any atom is -0.465 e. The van der Waals surface area contributed by atoms with Crippen LogP contribution in [0.2, 0.25) is 5.02 Å². The molecule has 0 bridgehead atoms. The van der Waals surface area contributed by atoms with Crippen molar-refractivity contribution in [3.05, 3.63) is 61.4 Å². The van der Waals surface area contributed by atoms with E-state index in [1.165, 1.54) is 36.6 Å². The molecule has 128 valence electrons. The van der Waals surface area contributed by atoms with Crippen LogP contribution in [0.5, 0.6) is 5.75 Å². The molecule has 1 aliphatic rings. The van der Waals surface area contributed by atoms with Crippen molar-refractivity contribution in [1.29, 1.82) is 5.26 Å². The molecule has 0 aliphatic carbocycles. The molecule has 0 radical (unpaired) electrons. The van der Waals surface area contributed by atoms with Gasteiger partial charge in [0.15, 0.2) is 5.75 Å². The molecule has 2 N–H and O–H groups in total. The maximum Gasteiger partial charge on any atom is 0.342 e. The van der Waals surface area contributed by atoms with Gasteiger partial charge in [0, 0.05) is 15.5 Å². The van der Waals surface area contributed by atoms with Crippen LogP contribution in [-0.2, 0) is 4.74 Å². The number of carbonyl (C=O) groups is 1. The van der Waals surface area contributed by atoms with Gasteiger partial charge in [0.1, 0.15) is 23.0 Å². The van der Waals surface area contributed by atoms with E-state index in [1.54, 1.807) is 6.92 Å². The van der Waals surface area contributed by atoms with E-state index in [0.29, 0.717) is 9.75 Å². The van der Waals surface area contributed by atoms with Gasteiger partial charge in [0.2, 0.25) is 5.88 Å². The van der Waals surface area contributed by atoms with E-state index >= 15 is 0 Å². The van der Waals surface area contributed by atoms with Crippen molar-refractivity contribution in [3.63, 3.8) is 0 Å². The molecule has 25 heavy (non-hydrogen) atoms. The van der Waals surface area contributed by atoms with Crippen LogP contribution in [0.1, 0.15) is 31.6 Å². The van der Waals surface area contributed by atoms with E-state index in [4.69, 9.17) is 26.8 Å². The number of methoxy groups -OCH3 is 1. The predicted octanol–water partition coefficient (Wildman–Crippen LogP) is 3.85. The van der Waals surface area contributed by atoms with Crippen LogP contribution in [0.3, 0.4) is 0 Å². The molecule has 0 fully saturated rings. The number of thiophene rings is 1. The average molecular weight is 379 g/mol. The first-order valence-electron chi connectivity index (χ1n) is 7.13. The van der Waals surface area contributed by atoms with Crippen LogP contribution in [-0.4, -0.2) is 13.1 Å². The molecule has 0 unspecified atom stereocenters. The number of nitrogens with two attached hydrogens (primary N) is 1. The minimum atomic E-state index is -0.857. The molecular formula is C17H12ClFN2O3S. The third kappa shape index (κ3) is 2.64. The Morgan fingerprint density at radius 1 is 1.52 bits per heavy atom. The Morgan fingerprint density at radius 2 is 2.24 bits per heavy atom. The van der Waals surface area contributed by atoms with Crippen LogP contribution in [0, 0.1) is 24.1 Å². The molecule has 0 spiro atoms. The summed E-state index contributed by atoms with van der Waals surface area (Å²) in [5, 5.41) is 9.67. The Bertz CT molecular complexity index is 941. The van der Waals surface area contributed by atoms with Gasteiger partial charge in [0.05, 0.1) is 17.9 Å². The SMILES string of the molecule is COC(=O)c1c(C)sc2c1OC(N)=C(C#N)[C@H]2c1c(F)cccc1Cl. The van der Waals surface area contributed by atoms with Crippen molar-refractivity contribution in [2.24, 2.45) is 5.73 Å². The molecule has 5 nitrogen and oxygen atoms in total. The second-order valence-corrected chi connectivity index (χ2v) is 6.94. The summed E-state index contributed by atoms with van der Waals surface area (Å²) in [4.78, 5) is 13.2. The zero-order chi connectivity index (χ0) is 18.3. The minimum absolute atomic E-state index is 0.0390. The van der Waals surface area contributed by atoms with Crippen molar-refractivity contribution in [2.75, 3.05) is 7.11 Å². The fourth-order valence-electron chi connectivity index (χ4n) is 2.80. The summed E-state index contributed by atoms with van der Waals surface area (Å²) in [5.74, 6) is -2.04. The maximum absolute atomic E-state index is 14.5. The monoisotopic (exact) mass is 378 g/mol. The number of carbonyl (C=O) groups excluding carboxylic acids is 1. The zero-order valence-electron chi connectivity index (χ0n) is 13.2. The summed E-state index contributed by atoms with van der Waals surface area (Å²) >= 11 is 7.41. The molecule has 8 heteroatoms. The number of esters is 1. The Hall–Kier alpha value is -2.56. The normalized spacial score (nSPS) is 16.0. The van der Waals surface area contributed by atoms with Gasteiger partial charge in [-0.05, 0) is 19.1 Å². The quantitative estimate of drug-likeness (QED) is 0.802. The Labute approximate surface area is 152 Å². The van der Waals surface area contributed by atoms with Crippen LogP contribution >= 0.6 is 22.9 Å². The van der Waals surface area contributed by atoms with Crippen molar-refractivity contribution in [1.82, 2.24) is 0 Å². The predicted molar refractivity (Wildman–Crippen MR) is 91.1 cm³/mol. The van der Waals surface area contributed by atoms with Crippen LogP contribution in [0.25, 0.3) is 0 Å². The molecule has 3 rings (SSSR count). The van der Waals surface area contributed by atoms with Crippen LogP contribution in [0.4, 0.5) is 4.39 Å². The number of hydrogen-bond donors (Lipinski definition) is 1. The third-order valence-corrected chi connectivity index (χ3v) is 5.37. The maximum atomic E-state index is 14.5. The number of halogens is 2. The van der Waals surface area contributed by atoms with E-state index in [-0.39, 0.29) is 33.4 Å². The molecule has 2 aromatic rings. The van der Waals surface area contributed by atoms with E-state index in [0.717, 1.165) is 0 Å². The lowest BCUT2D eigenvalue weighted by Gasteiger charge is -2.25. The van der Waals surface area contributed by atoms with Crippen molar-refractivity contribution >= 4 is 28.9 Å². The van der Waals surface area contributed by atoms with Gasteiger partial charge in [-0.1, -0.05) is 17.7 Å². The van der Waals surface area contributed by atoms with E-state index in [1.807, 2.05) is 6.07 Å². The van der Waals surface area contributed by atoms with E-state index in [9.17, 15) is 14.4 Å². The standard InChI is InChI=1S/C17H12ClFN2O3S/c1-7-11(17(22)23-2)14-15(25-7)12(8(6-20)16(21)24-14)13-9(18)4-3-5-10(13)19/h3-5,12H,21H2,1-2H3/t12-/m0/s1. The summed E-state index contributed by atoms with van der Waals surface area (Å²) in [6.45, 7) is 1.71. The molecule has 0 saturated heterocycles. The number of allylic oxidation sites excluding steroid dienone is 1. The highest BCUT2D eigenvalue weighted by atomic mass is 35.5.